The Labute approximate surface area is 176 Å². The first-order valence-corrected chi connectivity index (χ1v) is 9.35. The Morgan fingerprint density at radius 3 is 2.64 bits per heavy atom. The van der Waals surface area contributed by atoms with Crippen LogP contribution in [0.5, 0.6) is 0 Å². The van der Waals surface area contributed by atoms with E-state index in [2.05, 4.69) is 22.5 Å². The molecule has 1 heterocycles. The van der Waals surface area contributed by atoms with Crippen LogP contribution >= 0.6 is 47.2 Å². The maximum absolute atomic E-state index is 6.12. The van der Waals surface area contributed by atoms with Gasteiger partial charge in [-0.3, -0.25) is 4.99 Å². The van der Waals surface area contributed by atoms with Crippen molar-refractivity contribution in [3.8, 4) is 0 Å². The van der Waals surface area contributed by atoms with Crippen LogP contribution in [0.15, 0.2) is 11.1 Å². The summed E-state index contributed by atoms with van der Waals surface area (Å²) in [6, 6.07) is 2.32. The number of nitrogens with one attached hydrogen (secondary N) is 2. The lowest BCUT2D eigenvalue weighted by Gasteiger charge is -2.61. The number of aromatic nitrogens is 1. The molecule has 1 spiro atoms. The minimum absolute atomic E-state index is 0. The van der Waals surface area contributed by atoms with Crippen LogP contribution in [0.2, 0.25) is 10.2 Å². The molecule has 2 aliphatic carbocycles. The molecular formula is C17H27Cl2IN4O. The van der Waals surface area contributed by atoms with Crippen LogP contribution in [-0.2, 0) is 18.3 Å². The Hall–Kier alpha value is -0.180. The number of nitrogens with zero attached hydrogens (tertiary/aromatic N) is 2. The van der Waals surface area contributed by atoms with Crippen molar-refractivity contribution >= 4 is 53.1 Å². The number of halogens is 3. The third-order valence-electron chi connectivity index (χ3n) is 5.62. The number of rotatable bonds is 5. The fourth-order valence-electron chi connectivity index (χ4n) is 3.93. The molecule has 0 aliphatic heterocycles. The average molecular weight is 501 g/mol. The Bertz CT molecular complexity index is 630. The van der Waals surface area contributed by atoms with Gasteiger partial charge in [0, 0.05) is 37.9 Å². The van der Waals surface area contributed by atoms with Crippen molar-refractivity contribution in [1.82, 2.24) is 15.2 Å². The standard InChI is InChI=1S/C17H26Cl2N4O.HI/c1-4-24-14-9-13(17(14)6-5-7-17)22-16(20-2)21-10-11-8-12(18)15(19)23(11)3;/h8,13-14H,4-7,9-10H2,1-3H3,(H2,20,21,22);1H. The molecule has 0 bridgehead atoms. The summed E-state index contributed by atoms with van der Waals surface area (Å²) < 4.78 is 7.79. The molecule has 1 aromatic rings. The lowest BCUT2D eigenvalue weighted by atomic mass is 9.51. The Balaban J connectivity index is 0.00000225. The minimum Gasteiger partial charge on any atom is -0.378 e. The molecule has 0 saturated heterocycles. The first-order chi connectivity index (χ1) is 11.5. The third kappa shape index (κ3) is 3.92. The van der Waals surface area contributed by atoms with Crippen molar-refractivity contribution < 1.29 is 4.74 Å². The Morgan fingerprint density at radius 2 is 2.16 bits per heavy atom. The van der Waals surface area contributed by atoms with E-state index < -0.39 is 0 Å². The molecule has 25 heavy (non-hydrogen) atoms. The van der Waals surface area contributed by atoms with E-state index in [1.54, 1.807) is 7.05 Å². The summed E-state index contributed by atoms with van der Waals surface area (Å²) in [7, 11) is 3.70. The highest BCUT2D eigenvalue weighted by molar-refractivity contribution is 14.0. The van der Waals surface area contributed by atoms with Crippen LogP contribution in [-0.4, -0.2) is 36.3 Å². The Kier molecular flexibility index (Phi) is 7.33. The van der Waals surface area contributed by atoms with E-state index in [9.17, 15) is 0 Å². The maximum atomic E-state index is 6.12. The van der Waals surface area contributed by atoms with Gasteiger partial charge in [-0.15, -0.1) is 24.0 Å². The molecule has 2 atom stereocenters. The lowest BCUT2D eigenvalue weighted by Crippen LogP contribution is -2.68. The van der Waals surface area contributed by atoms with Crippen LogP contribution in [0.1, 0.15) is 38.3 Å². The van der Waals surface area contributed by atoms with Gasteiger partial charge in [0.05, 0.1) is 17.7 Å². The van der Waals surface area contributed by atoms with Gasteiger partial charge in [0.1, 0.15) is 5.15 Å². The summed E-state index contributed by atoms with van der Waals surface area (Å²) in [4.78, 5) is 4.36. The van der Waals surface area contributed by atoms with Crippen molar-refractivity contribution in [2.24, 2.45) is 17.5 Å². The SMILES string of the molecule is CCOC1CC(NC(=NC)NCc2cc(Cl)c(Cl)n2C)C12CCC2.I. The van der Waals surface area contributed by atoms with Crippen LogP contribution in [0.3, 0.4) is 0 Å². The van der Waals surface area contributed by atoms with Gasteiger partial charge in [-0.25, -0.2) is 0 Å². The van der Waals surface area contributed by atoms with Crippen molar-refractivity contribution in [2.45, 2.75) is 51.3 Å². The molecule has 5 nitrogen and oxygen atoms in total. The van der Waals surface area contributed by atoms with E-state index in [0.717, 1.165) is 24.7 Å². The van der Waals surface area contributed by atoms with Gasteiger partial charge in [0.15, 0.2) is 5.96 Å². The van der Waals surface area contributed by atoms with Gasteiger partial charge in [-0.1, -0.05) is 29.6 Å². The molecule has 2 aliphatic rings. The summed E-state index contributed by atoms with van der Waals surface area (Å²) in [5.41, 5.74) is 1.33. The van der Waals surface area contributed by atoms with Gasteiger partial charge in [-0.2, -0.15) is 0 Å². The van der Waals surface area contributed by atoms with E-state index in [1.165, 1.54) is 19.3 Å². The zero-order chi connectivity index (χ0) is 17.3. The molecule has 1 aromatic heterocycles. The largest absolute Gasteiger partial charge is 0.378 e. The Morgan fingerprint density at radius 1 is 1.44 bits per heavy atom. The summed E-state index contributed by atoms with van der Waals surface area (Å²) in [6.07, 6.45) is 5.24. The van der Waals surface area contributed by atoms with Crippen molar-refractivity contribution in [1.29, 1.82) is 0 Å². The van der Waals surface area contributed by atoms with Crippen molar-refractivity contribution in [3.63, 3.8) is 0 Å². The molecule has 2 saturated carbocycles. The maximum Gasteiger partial charge on any atom is 0.191 e. The molecule has 3 rings (SSSR count). The fourth-order valence-corrected chi connectivity index (χ4v) is 4.35. The molecule has 2 unspecified atom stereocenters. The molecule has 2 fully saturated rings. The summed E-state index contributed by atoms with van der Waals surface area (Å²) >= 11 is 12.2. The van der Waals surface area contributed by atoms with Gasteiger partial charge < -0.3 is 19.9 Å². The molecular weight excluding hydrogens is 474 g/mol. The van der Waals surface area contributed by atoms with E-state index in [-0.39, 0.29) is 24.0 Å². The van der Waals surface area contributed by atoms with Gasteiger partial charge in [0.2, 0.25) is 0 Å². The monoisotopic (exact) mass is 500 g/mol. The lowest BCUT2D eigenvalue weighted by molar-refractivity contribution is -0.168. The van der Waals surface area contributed by atoms with E-state index in [4.69, 9.17) is 27.9 Å². The summed E-state index contributed by atoms with van der Waals surface area (Å²) in [5, 5.41) is 8.07. The summed E-state index contributed by atoms with van der Waals surface area (Å²) in [6.45, 7) is 3.49. The first-order valence-electron chi connectivity index (χ1n) is 8.60. The topological polar surface area (TPSA) is 50.6 Å². The third-order valence-corrected chi connectivity index (χ3v) is 6.47. The number of hydrogen-bond acceptors (Lipinski definition) is 2. The van der Waals surface area contributed by atoms with Crippen LogP contribution in [0.25, 0.3) is 0 Å². The van der Waals surface area contributed by atoms with E-state index in [0.29, 0.717) is 34.3 Å². The molecule has 0 aromatic carbocycles. The molecule has 8 heteroatoms. The molecule has 0 radical (unpaired) electrons. The predicted octanol–water partition coefficient (Wildman–Crippen LogP) is 3.96. The average Bonchev–Trinajstić information content (AvgIpc) is 2.75. The highest BCUT2D eigenvalue weighted by Crippen LogP contribution is 2.57. The quantitative estimate of drug-likeness (QED) is 0.365. The molecule has 142 valence electrons. The minimum atomic E-state index is 0. The number of ether oxygens (including phenoxy) is 1. The second-order valence-electron chi connectivity index (χ2n) is 6.72. The number of guanidine groups is 1. The van der Waals surface area contributed by atoms with Crippen LogP contribution in [0.4, 0.5) is 0 Å². The normalized spacial score (nSPS) is 24.3. The summed E-state index contributed by atoms with van der Waals surface area (Å²) in [5.74, 6) is 0.815. The number of hydrogen-bond donors (Lipinski definition) is 2. The zero-order valence-corrected chi connectivity index (χ0v) is 18.8. The highest BCUT2D eigenvalue weighted by Gasteiger charge is 2.59. The second-order valence-corrected chi connectivity index (χ2v) is 7.49. The zero-order valence-electron chi connectivity index (χ0n) is 14.9. The second kappa shape index (κ2) is 8.67. The van der Waals surface area contributed by atoms with Gasteiger partial charge >= 0.3 is 0 Å². The van der Waals surface area contributed by atoms with Crippen LogP contribution < -0.4 is 10.6 Å². The molecule has 0 amide bonds. The predicted molar refractivity (Wildman–Crippen MR) is 114 cm³/mol. The smallest absolute Gasteiger partial charge is 0.191 e. The van der Waals surface area contributed by atoms with Gasteiger partial charge in [0.25, 0.3) is 0 Å². The molecule has 2 N–H and O–H groups in total. The highest BCUT2D eigenvalue weighted by atomic mass is 127. The number of aliphatic imine (C=N–C) groups is 1. The first kappa shape index (κ1) is 21.1. The van der Waals surface area contributed by atoms with Crippen LogP contribution in [0, 0.1) is 5.41 Å². The van der Waals surface area contributed by atoms with Gasteiger partial charge in [-0.05, 0) is 32.3 Å². The van der Waals surface area contributed by atoms with Crippen molar-refractivity contribution in [2.75, 3.05) is 13.7 Å². The van der Waals surface area contributed by atoms with E-state index >= 15 is 0 Å². The fraction of sp³-hybridized carbons (Fsp3) is 0.706. The van der Waals surface area contributed by atoms with Crippen molar-refractivity contribution in [3.05, 3.63) is 21.9 Å². The van der Waals surface area contributed by atoms with E-state index in [1.807, 2.05) is 17.7 Å².